The molecule has 0 aromatic heterocycles. The first-order chi connectivity index (χ1) is 15.7. The van der Waals surface area contributed by atoms with Crippen LogP contribution >= 0.6 is 0 Å². The van der Waals surface area contributed by atoms with E-state index in [9.17, 15) is 9.90 Å². The van der Waals surface area contributed by atoms with E-state index in [1.54, 1.807) is 48.7 Å². The Hall–Kier alpha value is -2.62. The minimum Gasteiger partial charge on any atom is -0.507 e. The molecule has 0 heterocycles. The van der Waals surface area contributed by atoms with Crippen molar-refractivity contribution in [2.75, 3.05) is 6.61 Å². The van der Waals surface area contributed by atoms with Crippen molar-refractivity contribution in [2.24, 2.45) is 4.99 Å². The van der Waals surface area contributed by atoms with E-state index in [0.717, 1.165) is 12.8 Å². The first-order valence-electron chi connectivity index (χ1n) is 12.3. The number of phenolic OH excluding ortho intramolecular Hbond substituents is 1. The Labute approximate surface area is 193 Å². The van der Waals surface area contributed by atoms with E-state index in [1.165, 1.54) is 64.2 Å². The molecule has 2 aromatic rings. The number of nitrogens with zero attached hydrogens (tertiary/aromatic N) is 1. The number of phenols is 1. The number of hydrogen-bond acceptors (Lipinski definition) is 4. The lowest BCUT2D eigenvalue weighted by Gasteiger charge is -2.06. The highest BCUT2D eigenvalue weighted by Crippen LogP contribution is 2.17. The van der Waals surface area contributed by atoms with Crippen molar-refractivity contribution in [2.45, 2.75) is 84.0 Å². The minimum atomic E-state index is -0.288. The molecule has 0 atom stereocenters. The van der Waals surface area contributed by atoms with E-state index in [2.05, 4.69) is 11.9 Å². The zero-order chi connectivity index (χ0) is 22.9. The summed E-state index contributed by atoms with van der Waals surface area (Å²) in [6.07, 6.45) is 17.1. The average Bonchev–Trinajstić information content (AvgIpc) is 2.82. The summed E-state index contributed by atoms with van der Waals surface area (Å²) in [5.41, 5.74) is 1.90. The Balaban J connectivity index is 1.53. The Morgan fingerprint density at radius 3 is 1.97 bits per heavy atom. The molecule has 32 heavy (non-hydrogen) atoms. The molecule has 0 saturated heterocycles. The Morgan fingerprint density at radius 2 is 1.38 bits per heavy atom. The molecular weight excluding hydrogens is 398 g/mol. The Morgan fingerprint density at radius 1 is 0.812 bits per heavy atom. The molecule has 4 heteroatoms. The number of rotatable bonds is 16. The fraction of sp³-hybridized carbons (Fsp3) is 0.500. The summed E-state index contributed by atoms with van der Waals surface area (Å²) < 4.78 is 5.39. The molecule has 0 unspecified atom stereocenters. The average molecular weight is 438 g/mol. The number of ether oxygens (including phenoxy) is 1. The maximum Gasteiger partial charge on any atom is 0.338 e. The number of esters is 1. The molecular formula is C28H39NO3. The quantitative estimate of drug-likeness (QED) is 0.164. The lowest BCUT2D eigenvalue weighted by Crippen LogP contribution is -2.06. The number of para-hydroxylation sites is 1. The van der Waals surface area contributed by atoms with Gasteiger partial charge in [0, 0.05) is 11.8 Å². The van der Waals surface area contributed by atoms with E-state index in [0.29, 0.717) is 23.4 Å². The van der Waals surface area contributed by atoms with Gasteiger partial charge in [-0.25, -0.2) is 4.79 Å². The highest BCUT2D eigenvalue weighted by atomic mass is 16.5. The standard InChI is InChI=1S/C28H39NO3/c1-2-3-4-5-6-7-8-9-10-11-12-15-22-32-28(31)24-18-20-26(21-19-24)29-23-25-16-13-14-17-27(25)30/h13-14,16-21,23,30H,2-12,15,22H2,1H3. The number of benzene rings is 2. The number of carbonyl (C=O) groups is 1. The van der Waals surface area contributed by atoms with Crippen molar-refractivity contribution in [3.63, 3.8) is 0 Å². The van der Waals surface area contributed by atoms with E-state index in [4.69, 9.17) is 4.74 Å². The third-order valence-electron chi connectivity index (χ3n) is 5.62. The van der Waals surface area contributed by atoms with Crippen molar-refractivity contribution in [3.8, 4) is 5.75 Å². The van der Waals surface area contributed by atoms with E-state index < -0.39 is 0 Å². The van der Waals surface area contributed by atoms with Crippen LogP contribution in [0.5, 0.6) is 5.75 Å². The number of carbonyl (C=O) groups excluding carboxylic acids is 1. The molecule has 0 saturated carbocycles. The zero-order valence-electron chi connectivity index (χ0n) is 19.6. The monoisotopic (exact) mass is 437 g/mol. The predicted molar refractivity (Wildman–Crippen MR) is 133 cm³/mol. The maximum absolute atomic E-state index is 12.2. The molecule has 0 radical (unpaired) electrons. The normalized spacial score (nSPS) is 11.2. The molecule has 0 amide bonds. The van der Waals surface area contributed by atoms with Gasteiger partial charge in [0.15, 0.2) is 0 Å². The van der Waals surface area contributed by atoms with Crippen molar-refractivity contribution in [1.29, 1.82) is 0 Å². The highest BCUT2D eigenvalue weighted by molar-refractivity contribution is 5.90. The smallest absolute Gasteiger partial charge is 0.338 e. The first-order valence-corrected chi connectivity index (χ1v) is 12.3. The Bertz CT molecular complexity index is 799. The zero-order valence-corrected chi connectivity index (χ0v) is 19.6. The largest absolute Gasteiger partial charge is 0.507 e. The van der Waals surface area contributed by atoms with Crippen molar-refractivity contribution in [3.05, 3.63) is 59.7 Å². The van der Waals surface area contributed by atoms with Gasteiger partial charge in [-0.2, -0.15) is 0 Å². The number of unbranched alkanes of at least 4 members (excludes halogenated alkanes) is 11. The number of aromatic hydroxyl groups is 1. The van der Waals surface area contributed by atoms with Crippen LogP contribution in [-0.4, -0.2) is 23.9 Å². The summed E-state index contributed by atoms with van der Waals surface area (Å²) in [5, 5.41) is 9.77. The third kappa shape index (κ3) is 10.6. The molecule has 0 fully saturated rings. The van der Waals surface area contributed by atoms with E-state index >= 15 is 0 Å². The SMILES string of the molecule is CCCCCCCCCCCCCCOC(=O)c1ccc(N=Cc2ccccc2O)cc1. The second-order valence-electron chi connectivity index (χ2n) is 8.39. The second kappa shape index (κ2) is 16.1. The summed E-state index contributed by atoms with van der Waals surface area (Å²) in [7, 11) is 0. The summed E-state index contributed by atoms with van der Waals surface area (Å²) >= 11 is 0. The maximum atomic E-state index is 12.2. The van der Waals surface area contributed by atoms with Crippen LogP contribution in [0.15, 0.2) is 53.5 Å². The van der Waals surface area contributed by atoms with Crippen LogP contribution < -0.4 is 0 Å². The molecule has 0 bridgehead atoms. The highest BCUT2D eigenvalue weighted by Gasteiger charge is 2.06. The topological polar surface area (TPSA) is 58.9 Å². The summed E-state index contributed by atoms with van der Waals surface area (Å²) in [6.45, 7) is 2.74. The second-order valence-corrected chi connectivity index (χ2v) is 8.39. The van der Waals surface area contributed by atoms with Crippen LogP contribution in [0.4, 0.5) is 5.69 Å². The summed E-state index contributed by atoms with van der Waals surface area (Å²) in [5.74, 6) is -0.0986. The van der Waals surface area contributed by atoms with Crippen LogP contribution in [0.25, 0.3) is 0 Å². The fourth-order valence-electron chi connectivity index (χ4n) is 3.62. The minimum absolute atomic E-state index is 0.189. The predicted octanol–water partition coefficient (Wildman–Crippen LogP) is 8.00. The van der Waals surface area contributed by atoms with Crippen molar-refractivity contribution < 1.29 is 14.6 Å². The molecule has 174 valence electrons. The van der Waals surface area contributed by atoms with Gasteiger partial charge in [0.1, 0.15) is 5.75 Å². The van der Waals surface area contributed by atoms with Crippen LogP contribution in [0.2, 0.25) is 0 Å². The molecule has 4 nitrogen and oxygen atoms in total. The summed E-state index contributed by atoms with van der Waals surface area (Å²) in [4.78, 5) is 16.5. The van der Waals surface area contributed by atoms with Gasteiger partial charge < -0.3 is 9.84 Å². The van der Waals surface area contributed by atoms with E-state index in [1.807, 2.05) is 6.07 Å². The molecule has 2 rings (SSSR count). The van der Waals surface area contributed by atoms with Gasteiger partial charge in [0.2, 0.25) is 0 Å². The number of aliphatic imine (C=N–C) groups is 1. The van der Waals surface area contributed by atoms with Crippen LogP contribution in [-0.2, 0) is 4.74 Å². The van der Waals surface area contributed by atoms with Crippen LogP contribution in [0.1, 0.15) is 99.9 Å². The molecule has 1 N–H and O–H groups in total. The van der Waals surface area contributed by atoms with Gasteiger partial charge in [0.05, 0.1) is 17.9 Å². The molecule has 2 aromatic carbocycles. The third-order valence-corrected chi connectivity index (χ3v) is 5.62. The molecule has 0 aliphatic carbocycles. The van der Waals surface area contributed by atoms with Gasteiger partial charge in [-0.3, -0.25) is 4.99 Å². The van der Waals surface area contributed by atoms with Gasteiger partial charge in [-0.15, -0.1) is 0 Å². The first kappa shape index (κ1) is 25.6. The van der Waals surface area contributed by atoms with Crippen molar-refractivity contribution in [1.82, 2.24) is 0 Å². The molecule has 0 aliphatic rings. The molecule has 0 spiro atoms. The fourth-order valence-corrected chi connectivity index (χ4v) is 3.62. The lowest BCUT2D eigenvalue weighted by molar-refractivity contribution is 0.0497. The van der Waals surface area contributed by atoms with Gasteiger partial charge in [-0.05, 0) is 42.8 Å². The van der Waals surface area contributed by atoms with Crippen LogP contribution in [0, 0.1) is 0 Å². The Kier molecular flexibility index (Phi) is 12.9. The summed E-state index contributed by atoms with van der Waals surface area (Å²) in [6, 6.07) is 14.0. The van der Waals surface area contributed by atoms with Gasteiger partial charge >= 0.3 is 5.97 Å². The van der Waals surface area contributed by atoms with E-state index in [-0.39, 0.29) is 11.7 Å². The van der Waals surface area contributed by atoms with Crippen LogP contribution in [0.3, 0.4) is 0 Å². The lowest BCUT2D eigenvalue weighted by atomic mass is 10.1. The molecule has 0 aliphatic heterocycles. The van der Waals surface area contributed by atoms with Crippen molar-refractivity contribution >= 4 is 17.9 Å². The van der Waals surface area contributed by atoms with Gasteiger partial charge in [0.25, 0.3) is 0 Å². The van der Waals surface area contributed by atoms with Gasteiger partial charge in [-0.1, -0.05) is 89.7 Å². The number of hydrogen-bond donors (Lipinski definition) is 1.